The van der Waals surface area contributed by atoms with E-state index in [9.17, 15) is 9.18 Å². The third-order valence-electron chi connectivity index (χ3n) is 2.78. The predicted molar refractivity (Wildman–Crippen MR) is 74.9 cm³/mol. The minimum absolute atomic E-state index is 0.0262. The van der Waals surface area contributed by atoms with Gasteiger partial charge in [0.15, 0.2) is 0 Å². The third kappa shape index (κ3) is 3.48. The summed E-state index contributed by atoms with van der Waals surface area (Å²) in [5.41, 5.74) is 6.67. The van der Waals surface area contributed by atoms with Gasteiger partial charge in [0.2, 0.25) is 5.91 Å². The number of carbonyl (C=O) groups is 1. The molecule has 0 radical (unpaired) electrons. The molecule has 3 N–H and O–H groups in total. The van der Waals surface area contributed by atoms with Gasteiger partial charge in [-0.3, -0.25) is 9.48 Å². The van der Waals surface area contributed by atoms with Crippen molar-refractivity contribution in [1.29, 1.82) is 0 Å². The summed E-state index contributed by atoms with van der Waals surface area (Å²) in [7, 11) is 0. The van der Waals surface area contributed by atoms with Crippen molar-refractivity contribution in [3.05, 3.63) is 47.0 Å². The number of hydrogen-bond acceptors (Lipinski definition) is 3. The third-order valence-corrected chi connectivity index (χ3v) is 3.07. The molecule has 1 unspecified atom stereocenters. The van der Waals surface area contributed by atoms with Crippen molar-refractivity contribution in [2.45, 2.75) is 19.5 Å². The van der Waals surface area contributed by atoms with Gasteiger partial charge in [0.25, 0.3) is 0 Å². The minimum atomic E-state index is -0.460. The normalized spacial score (nSPS) is 12.2. The van der Waals surface area contributed by atoms with Gasteiger partial charge in [-0.25, -0.2) is 4.39 Å². The second-order valence-corrected chi connectivity index (χ2v) is 4.84. The van der Waals surface area contributed by atoms with Crippen LogP contribution in [0.3, 0.4) is 0 Å². The number of hydrogen-bond donors (Lipinski definition) is 2. The Morgan fingerprint density at radius 1 is 1.60 bits per heavy atom. The minimum Gasteiger partial charge on any atom is -0.376 e. The van der Waals surface area contributed by atoms with Crippen molar-refractivity contribution in [2.75, 3.05) is 5.32 Å². The molecule has 1 aromatic carbocycles. The van der Waals surface area contributed by atoms with E-state index in [1.807, 2.05) is 6.92 Å². The maximum atomic E-state index is 13.1. The number of rotatable bonds is 5. The monoisotopic (exact) mass is 296 g/mol. The summed E-state index contributed by atoms with van der Waals surface area (Å²) in [6.45, 7) is 1.94. The van der Waals surface area contributed by atoms with E-state index in [0.29, 0.717) is 0 Å². The van der Waals surface area contributed by atoms with Crippen LogP contribution in [0.5, 0.6) is 0 Å². The molecule has 1 amide bonds. The lowest BCUT2D eigenvalue weighted by molar-refractivity contribution is -0.118. The summed E-state index contributed by atoms with van der Waals surface area (Å²) in [6, 6.07) is 4.47. The van der Waals surface area contributed by atoms with Crippen LogP contribution in [0.1, 0.15) is 18.5 Å². The summed E-state index contributed by atoms with van der Waals surface area (Å²) in [4.78, 5) is 10.8. The van der Waals surface area contributed by atoms with Gasteiger partial charge >= 0.3 is 0 Å². The van der Waals surface area contributed by atoms with E-state index < -0.39 is 11.7 Å². The molecular weight excluding hydrogens is 283 g/mol. The van der Waals surface area contributed by atoms with E-state index in [-0.39, 0.29) is 17.6 Å². The number of nitrogens with two attached hydrogens (primary N) is 1. The first-order chi connectivity index (χ1) is 9.45. The molecule has 1 heterocycles. The second kappa shape index (κ2) is 5.92. The molecule has 0 saturated carbocycles. The highest BCUT2D eigenvalue weighted by Gasteiger charge is 2.09. The lowest BCUT2D eigenvalue weighted by Crippen LogP contribution is -2.18. The highest BCUT2D eigenvalue weighted by Crippen LogP contribution is 2.23. The molecule has 0 aliphatic rings. The number of benzene rings is 1. The molecule has 5 nitrogen and oxygen atoms in total. The van der Waals surface area contributed by atoms with Crippen molar-refractivity contribution in [1.82, 2.24) is 9.78 Å². The maximum Gasteiger partial charge on any atom is 0.239 e. The van der Waals surface area contributed by atoms with E-state index in [2.05, 4.69) is 10.4 Å². The number of anilines is 1. The Morgan fingerprint density at radius 3 is 3.00 bits per heavy atom. The SMILES string of the molecule is CC(Nc1cnn(CC(N)=O)c1)c1ccc(F)c(Cl)c1. The van der Waals surface area contributed by atoms with Crippen LogP contribution in [0.4, 0.5) is 10.1 Å². The van der Waals surface area contributed by atoms with Crippen molar-refractivity contribution >= 4 is 23.2 Å². The predicted octanol–water partition coefficient (Wildman–Crippen LogP) is 2.33. The molecule has 0 aliphatic carbocycles. The highest BCUT2D eigenvalue weighted by atomic mass is 35.5. The number of nitrogens with zero attached hydrogens (tertiary/aromatic N) is 2. The van der Waals surface area contributed by atoms with E-state index in [0.717, 1.165) is 11.3 Å². The van der Waals surface area contributed by atoms with Crippen LogP contribution in [0.2, 0.25) is 5.02 Å². The van der Waals surface area contributed by atoms with Crippen LogP contribution >= 0.6 is 11.6 Å². The quantitative estimate of drug-likeness (QED) is 0.889. The molecule has 2 aromatic rings. The van der Waals surface area contributed by atoms with Crippen molar-refractivity contribution in [2.24, 2.45) is 5.73 Å². The van der Waals surface area contributed by atoms with E-state index >= 15 is 0 Å². The Labute approximate surface area is 120 Å². The number of primary amides is 1. The van der Waals surface area contributed by atoms with Gasteiger partial charge in [-0.05, 0) is 24.6 Å². The Balaban J connectivity index is 2.06. The fourth-order valence-electron chi connectivity index (χ4n) is 1.80. The smallest absolute Gasteiger partial charge is 0.239 e. The molecule has 7 heteroatoms. The lowest BCUT2D eigenvalue weighted by atomic mass is 10.1. The largest absolute Gasteiger partial charge is 0.376 e. The number of amides is 1. The molecule has 2 rings (SSSR count). The zero-order chi connectivity index (χ0) is 14.7. The van der Waals surface area contributed by atoms with Crippen LogP contribution in [-0.2, 0) is 11.3 Å². The molecule has 1 aromatic heterocycles. The van der Waals surface area contributed by atoms with Crippen LogP contribution in [0.15, 0.2) is 30.6 Å². The van der Waals surface area contributed by atoms with E-state index in [4.69, 9.17) is 17.3 Å². The first-order valence-corrected chi connectivity index (χ1v) is 6.35. The average Bonchev–Trinajstić information content (AvgIpc) is 2.79. The van der Waals surface area contributed by atoms with Gasteiger partial charge in [-0.2, -0.15) is 5.10 Å². The van der Waals surface area contributed by atoms with Crippen LogP contribution in [0.25, 0.3) is 0 Å². The molecular formula is C13H14ClFN4O. The summed E-state index contributed by atoms with van der Waals surface area (Å²) in [5.74, 6) is -0.907. The summed E-state index contributed by atoms with van der Waals surface area (Å²) >= 11 is 5.75. The summed E-state index contributed by atoms with van der Waals surface area (Å²) in [5, 5.41) is 7.27. The Bertz CT molecular complexity index is 629. The first-order valence-electron chi connectivity index (χ1n) is 5.98. The number of nitrogens with one attached hydrogen (secondary N) is 1. The van der Waals surface area contributed by atoms with Gasteiger partial charge in [0, 0.05) is 12.2 Å². The summed E-state index contributed by atoms with van der Waals surface area (Å²) < 4.78 is 14.5. The van der Waals surface area contributed by atoms with Crippen LogP contribution in [-0.4, -0.2) is 15.7 Å². The zero-order valence-electron chi connectivity index (χ0n) is 10.8. The van der Waals surface area contributed by atoms with Gasteiger partial charge < -0.3 is 11.1 Å². The average molecular weight is 297 g/mol. The standard InChI is InChI=1S/C13H14ClFN4O/c1-8(9-2-3-12(15)11(14)4-9)18-10-5-17-19(6-10)7-13(16)20/h2-6,8,18H,7H2,1H3,(H2,16,20). The molecule has 20 heavy (non-hydrogen) atoms. The fraction of sp³-hybridized carbons (Fsp3) is 0.231. The van der Waals surface area contributed by atoms with Gasteiger partial charge in [0.1, 0.15) is 12.4 Å². The van der Waals surface area contributed by atoms with Gasteiger partial charge in [0.05, 0.1) is 16.9 Å². The number of aromatic nitrogens is 2. The van der Waals surface area contributed by atoms with Crippen molar-refractivity contribution in [3.63, 3.8) is 0 Å². The van der Waals surface area contributed by atoms with Crippen molar-refractivity contribution < 1.29 is 9.18 Å². The molecule has 0 fully saturated rings. The maximum absolute atomic E-state index is 13.1. The molecule has 106 valence electrons. The van der Waals surface area contributed by atoms with Crippen LogP contribution in [0, 0.1) is 5.82 Å². The molecule has 0 spiro atoms. The molecule has 0 saturated heterocycles. The molecule has 0 aliphatic heterocycles. The summed E-state index contributed by atoms with van der Waals surface area (Å²) in [6.07, 6.45) is 3.26. The fourth-order valence-corrected chi connectivity index (χ4v) is 1.99. The zero-order valence-corrected chi connectivity index (χ0v) is 11.6. The molecule has 1 atom stereocenters. The van der Waals surface area contributed by atoms with Crippen LogP contribution < -0.4 is 11.1 Å². The Kier molecular flexibility index (Phi) is 4.24. The number of carbonyl (C=O) groups excluding carboxylic acids is 1. The van der Waals surface area contributed by atoms with E-state index in [1.54, 1.807) is 24.5 Å². The van der Waals surface area contributed by atoms with Crippen molar-refractivity contribution in [3.8, 4) is 0 Å². The lowest BCUT2D eigenvalue weighted by Gasteiger charge is -2.14. The molecule has 0 bridgehead atoms. The second-order valence-electron chi connectivity index (χ2n) is 4.43. The Hall–Kier alpha value is -2.08. The highest BCUT2D eigenvalue weighted by molar-refractivity contribution is 6.30. The van der Waals surface area contributed by atoms with E-state index in [1.165, 1.54) is 10.7 Å². The van der Waals surface area contributed by atoms with Gasteiger partial charge in [-0.1, -0.05) is 17.7 Å². The first kappa shape index (κ1) is 14.3. The van der Waals surface area contributed by atoms with Gasteiger partial charge in [-0.15, -0.1) is 0 Å². The number of halogens is 2. The Morgan fingerprint density at radius 2 is 2.35 bits per heavy atom. The topological polar surface area (TPSA) is 72.9 Å².